The Bertz CT molecular complexity index is 567. The quantitative estimate of drug-likeness (QED) is 0.900. The van der Waals surface area contributed by atoms with Crippen molar-refractivity contribution in [1.82, 2.24) is 9.78 Å². The van der Waals surface area contributed by atoms with Crippen molar-refractivity contribution >= 4 is 0 Å². The van der Waals surface area contributed by atoms with Crippen LogP contribution in [0.25, 0.3) is 0 Å². The highest BCUT2D eigenvalue weighted by Crippen LogP contribution is 2.15. The Balaban J connectivity index is 2.31. The molecule has 0 saturated heterocycles. The van der Waals surface area contributed by atoms with Crippen LogP contribution in [0, 0.1) is 27.7 Å². The van der Waals surface area contributed by atoms with Crippen molar-refractivity contribution in [2.45, 2.75) is 40.8 Å². The highest BCUT2D eigenvalue weighted by Gasteiger charge is 2.10. The molecule has 0 aliphatic rings. The fourth-order valence-corrected chi connectivity index (χ4v) is 2.26. The molecular weight excluding hydrogens is 222 g/mol. The first-order chi connectivity index (χ1) is 8.52. The lowest BCUT2D eigenvalue weighted by atomic mass is 10.1. The SMILES string of the molecule is Cc1ccc(Cn2nc(C)c(CN)c2C)cc1C. The van der Waals surface area contributed by atoms with Gasteiger partial charge in [-0.15, -0.1) is 0 Å². The number of nitrogens with zero attached hydrogens (tertiary/aromatic N) is 2. The Hall–Kier alpha value is -1.61. The molecule has 0 bridgehead atoms. The van der Waals surface area contributed by atoms with Crippen molar-refractivity contribution in [3.8, 4) is 0 Å². The lowest BCUT2D eigenvalue weighted by Gasteiger charge is -2.07. The number of aryl methyl sites for hydroxylation is 3. The van der Waals surface area contributed by atoms with Crippen LogP contribution in [0.2, 0.25) is 0 Å². The van der Waals surface area contributed by atoms with E-state index in [1.54, 1.807) is 0 Å². The number of benzene rings is 1. The van der Waals surface area contributed by atoms with E-state index < -0.39 is 0 Å². The van der Waals surface area contributed by atoms with Gasteiger partial charge in [-0.3, -0.25) is 4.68 Å². The molecule has 0 fully saturated rings. The van der Waals surface area contributed by atoms with Crippen LogP contribution < -0.4 is 5.73 Å². The average molecular weight is 243 g/mol. The van der Waals surface area contributed by atoms with Gasteiger partial charge in [0, 0.05) is 17.8 Å². The van der Waals surface area contributed by atoms with E-state index in [9.17, 15) is 0 Å². The van der Waals surface area contributed by atoms with Gasteiger partial charge in [-0.1, -0.05) is 18.2 Å². The molecule has 0 aliphatic carbocycles. The minimum absolute atomic E-state index is 0.560. The second-order valence-corrected chi connectivity index (χ2v) is 4.93. The maximum atomic E-state index is 5.75. The zero-order valence-corrected chi connectivity index (χ0v) is 11.6. The Kier molecular flexibility index (Phi) is 3.53. The lowest BCUT2D eigenvalue weighted by Crippen LogP contribution is -2.05. The first-order valence-electron chi connectivity index (χ1n) is 6.32. The zero-order valence-electron chi connectivity index (χ0n) is 11.6. The zero-order chi connectivity index (χ0) is 13.3. The molecule has 0 unspecified atom stereocenters. The van der Waals surface area contributed by atoms with Crippen LogP contribution in [0.5, 0.6) is 0 Å². The van der Waals surface area contributed by atoms with Crippen LogP contribution in [-0.2, 0) is 13.1 Å². The third-order valence-corrected chi connectivity index (χ3v) is 3.64. The Morgan fingerprint density at radius 1 is 1.11 bits per heavy atom. The van der Waals surface area contributed by atoms with Gasteiger partial charge in [0.15, 0.2) is 0 Å². The largest absolute Gasteiger partial charge is 0.326 e. The summed E-state index contributed by atoms with van der Waals surface area (Å²) in [4.78, 5) is 0. The third-order valence-electron chi connectivity index (χ3n) is 3.64. The molecule has 0 atom stereocenters. The van der Waals surface area contributed by atoms with Crippen LogP contribution in [0.1, 0.15) is 33.6 Å². The van der Waals surface area contributed by atoms with E-state index in [1.165, 1.54) is 27.9 Å². The molecule has 1 heterocycles. The number of aromatic nitrogens is 2. The maximum Gasteiger partial charge on any atom is 0.0662 e. The minimum atomic E-state index is 0.560. The molecule has 2 aromatic rings. The van der Waals surface area contributed by atoms with Crippen LogP contribution in [0.3, 0.4) is 0 Å². The summed E-state index contributed by atoms with van der Waals surface area (Å²) in [6.07, 6.45) is 0. The smallest absolute Gasteiger partial charge is 0.0662 e. The molecule has 0 aliphatic heterocycles. The normalized spacial score (nSPS) is 10.9. The van der Waals surface area contributed by atoms with Gasteiger partial charge < -0.3 is 5.73 Å². The molecule has 1 aromatic carbocycles. The second kappa shape index (κ2) is 4.94. The van der Waals surface area contributed by atoms with E-state index in [-0.39, 0.29) is 0 Å². The first kappa shape index (κ1) is 12.8. The van der Waals surface area contributed by atoms with Gasteiger partial charge in [0.25, 0.3) is 0 Å². The Morgan fingerprint density at radius 2 is 1.83 bits per heavy atom. The summed E-state index contributed by atoms with van der Waals surface area (Å²) in [5, 5.41) is 4.57. The molecule has 18 heavy (non-hydrogen) atoms. The standard InChI is InChI=1S/C15H21N3/c1-10-5-6-14(7-11(10)2)9-18-13(4)15(8-16)12(3)17-18/h5-7H,8-9,16H2,1-4H3. The van der Waals surface area contributed by atoms with Gasteiger partial charge in [-0.25, -0.2) is 0 Å². The summed E-state index contributed by atoms with van der Waals surface area (Å²) in [6.45, 7) is 9.76. The molecule has 96 valence electrons. The van der Waals surface area contributed by atoms with Crippen molar-refractivity contribution in [2.24, 2.45) is 5.73 Å². The first-order valence-corrected chi connectivity index (χ1v) is 6.32. The van der Waals surface area contributed by atoms with E-state index in [0.29, 0.717) is 6.54 Å². The van der Waals surface area contributed by atoms with Crippen molar-refractivity contribution in [3.05, 3.63) is 51.8 Å². The maximum absolute atomic E-state index is 5.75. The molecule has 2 N–H and O–H groups in total. The second-order valence-electron chi connectivity index (χ2n) is 4.93. The third kappa shape index (κ3) is 2.31. The average Bonchev–Trinajstić information content (AvgIpc) is 2.59. The Morgan fingerprint density at radius 3 is 2.39 bits per heavy atom. The number of hydrogen-bond donors (Lipinski definition) is 1. The molecule has 0 saturated carbocycles. The van der Waals surface area contributed by atoms with Gasteiger partial charge in [-0.2, -0.15) is 5.10 Å². The summed E-state index contributed by atoms with van der Waals surface area (Å²) in [6, 6.07) is 6.56. The topological polar surface area (TPSA) is 43.8 Å². The van der Waals surface area contributed by atoms with Gasteiger partial charge in [0.1, 0.15) is 0 Å². The number of rotatable bonds is 3. The lowest BCUT2D eigenvalue weighted by molar-refractivity contribution is 0.657. The highest BCUT2D eigenvalue weighted by molar-refractivity contribution is 5.31. The van der Waals surface area contributed by atoms with Crippen molar-refractivity contribution < 1.29 is 0 Å². The van der Waals surface area contributed by atoms with Crippen LogP contribution >= 0.6 is 0 Å². The fraction of sp³-hybridized carbons (Fsp3) is 0.400. The van der Waals surface area contributed by atoms with Gasteiger partial charge in [0.05, 0.1) is 12.2 Å². The van der Waals surface area contributed by atoms with Crippen molar-refractivity contribution in [3.63, 3.8) is 0 Å². The summed E-state index contributed by atoms with van der Waals surface area (Å²) >= 11 is 0. The van der Waals surface area contributed by atoms with Crippen LogP contribution in [0.4, 0.5) is 0 Å². The predicted molar refractivity (Wildman–Crippen MR) is 74.6 cm³/mol. The highest BCUT2D eigenvalue weighted by atomic mass is 15.3. The van der Waals surface area contributed by atoms with Crippen molar-refractivity contribution in [2.75, 3.05) is 0 Å². The molecule has 0 amide bonds. The fourth-order valence-electron chi connectivity index (χ4n) is 2.26. The van der Waals surface area contributed by atoms with Crippen LogP contribution in [-0.4, -0.2) is 9.78 Å². The molecule has 3 heteroatoms. The number of hydrogen-bond acceptors (Lipinski definition) is 2. The molecule has 0 spiro atoms. The van der Waals surface area contributed by atoms with E-state index in [4.69, 9.17) is 5.73 Å². The number of nitrogens with two attached hydrogens (primary N) is 1. The minimum Gasteiger partial charge on any atom is -0.326 e. The molecule has 2 rings (SSSR count). The van der Waals surface area contributed by atoms with Crippen molar-refractivity contribution in [1.29, 1.82) is 0 Å². The Labute approximate surface area is 109 Å². The van der Waals surface area contributed by atoms with Gasteiger partial charge in [-0.05, 0) is 44.4 Å². The van der Waals surface area contributed by atoms with Gasteiger partial charge in [0.2, 0.25) is 0 Å². The molecule has 0 radical (unpaired) electrons. The molecular formula is C15H21N3. The van der Waals surface area contributed by atoms with Gasteiger partial charge >= 0.3 is 0 Å². The molecule has 3 nitrogen and oxygen atoms in total. The monoisotopic (exact) mass is 243 g/mol. The summed E-state index contributed by atoms with van der Waals surface area (Å²) in [5.41, 5.74) is 13.1. The van der Waals surface area contributed by atoms with E-state index in [0.717, 1.165) is 12.2 Å². The van der Waals surface area contributed by atoms with E-state index in [2.05, 4.69) is 44.1 Å². The van der Waals surface area contributed by atoms with E-state index >= 15 is 0 Å². The van der Waals surface area contributed by atoms with Crippen LogP contribution in [0.15, 0.2) is 18.2 Å². The summed E-state index contributed by atoms with van der Waals surface area (Å²) in [5.74, 6) is 0. The summed E-state index contributed by atoms with van der Waals surface area (Å²) in [7, 11) is 0. The molecule has 1 aromatic heterocycles. The summed E-state index contributed by atoms with van der Waals surface area (Å²) < 4.78 is 2.04. The predicted octanol–water partition coefficient (Wildman–Crippen LogP) is 2.62. The van der Waals surface area contributed by atoms with E-state index in [1.807, 2.05) is 11.6 Å².